The van der Waals surface area contributed by atoms with Gasteiger partial charge in [-0.15, -0.1) is 0 Å². The van der Waals surface area contributed by atoms with Gasteiger partial charge in [0.05, 0.1) is 0 Å². The topological polar surface area (TPSA) is 0 Å². The summed E-state index contributed by atoms with van der Waals surface area (Å²) in [5, 5.41) is 0. The van der Waals surface area contributed by atoms with Gasteiger partial charge in [-0.2, -0.15) is 0 Å². The third-order valence-corrected chi connectivity index (χ3v) is 4.41. The lowest BCUT2D eigenvalue weighted by molar-refractivity contribution is 0.542. The molecule has 0 rings (SSSR count). The zero-order valence-corrected chi connectivity index (χ0v) is 15.3. The Kier molecular flexibility index (Phi) is 20.5. The molecular formula is C22H42. The number of allylic oxidation sites excluding steroid dienone is 2. The first-order valence-corrected chi connectivity index (χ1v) is 10.1. The summed E-state index contributed by atoms with van der Waals surface area (Å²) in [5.74, 6) is 0. The van der Waals surface area contributed by atoms with Crippen LogP contribution in [0.4, 0.5) is 0 Å². The van der Waals surface area contributed by atoms with E-state index in [0.29, 0.717) is 0 Å². The molecule has 0 fully saturated rings. The molecule has 0 heterocycles. The van der Waals surface area contributed by atoms with Gasteiger partial charge in [0.1, 0.15) is 0 Å². The van der Waals surface area contributed by atoms with E-state index in [2.05, 4.69) is 26.0 Å². The van der Waals surface area contributed by atoms with Gasteiger partial charge < -0.3 is 0 Å². The van der Waals surface area contributed by atoms with Crippen molar-refractivity contribution in [2.75, 3.05) is 0 Å². The molecule has 0 nitrogen and oxygen atoms in total. The molecule has 0 heteroatoms. The molecular weight excluding hydrogens is 264 g/mol. The van der Waals surface area contributed by atoms with Gasteiger partial charge >= 0.3 is 0 Å². The average molecular weight is 307 g/mol. The van der Waals surface area contributed by atoms with Crippen LogP contribution in [0.5, 0.6) is 0 Å². The lowest BCUT2D eigenvalue weighted by Crippen LogP contribution is -1.82. The zero-order chi connectivity index (χ0) is 16.1. The van der Waals surface area contributed by atoms with Gasteiger partial charge in [0.15, 0.2) is 0 Å². The Hall–Kier alpha value is -0.260. The molecule has 2 radical (unpaired) electrons. The van der Waals surface area contributed by atoms with Crippen LogP contribution in [0.15, 0.2) is 12.2 Å². The third-order valence-electron chi connectivity index (χ3n) is 4.41. The molecule has 0 aromatic heterocycles. The van der Waals surface area contributed by atoms with Gasteiger partial charge in [-0.25, -0.2) is 0 Å². The minimum absolute atomic E-state index is 1.09. The highest BCUT2D eigenvalue weighted by Gasteiger charge is 1.93. The van der Waals surface area contributed by atoms with Crippen LogP contribution >= 0.6 is 0 Å². The zero-order valence-electron chi connectivity index (χ0n) is 15.3. The summed E-state index contributed by atoms with van der Waals surface area (Å²) in [4.78, 5) is 0. The van der Waals surface area contributed by atoms with E-state index in [1.54, 1.807) is 0 Å². The molecule has 0 aromatic rings. The second kappa shape index (κ2) is 20.7. The van der Waals surface area contributed by atoms with Crippen LogP contribution in [0.25, 0.3) is 0 Å². The van der Waals surface area contributed by atoms with E-state index >= 15 is 0 Å². The van der Waals surface area contributed by atoms with Crippen molar-refractivity contribution in [3.05, 3.63) is 26.0 Å². The van der Waals surface area contributed by atoms with Gasteiger partial charge in [0.25, 0.3) is 0 Å². The van der Waals surface area contributed by atoms with Crippen molar-refractivity contribution in [3.8, 4) is 0 Å². The van der Waals surface area contributed by atoms with E-state index in [-0.39, 0.29) is 0 Å². The Bertz CT molecular complexity index is 204. The summed E-state index contributed by atoms with van der Waals surface area (Å²) in [7, 11) is 0. The first kappa shape index (κ1) is 21.7. The van der Waals surface area contributed by atoms with Crippen molar-refractivity contribution in [3.63, 3.8) is 0 Å². The molecule has 0 aromatic carbocycles. The Morgan fingerprint density at radius 1 is 0.364 bits per heavy atom. The molecule has 0 atom stereocenters. The minimum atomic E-state index is 1.09. The minimum Gasteiger partial charge on any atom is -0.0885 e. The first-order chi connectivity index (χ1) is 10.9. The van der Waals surface area contributed by atoms with Gasteiger partial charge in [0.2, 0.25) is 0 Å². The molecule has 22 heavy (non-hydrogen) atoms. The van der Waals surface area contributed by atoms with E-state index in [9.17, 15) is 0 Å². The van der Waals surface area contributed by atoms with E-state index in [4.69, 9.17) is 0 Å². The molecule has 0 aliphatic carbocycles. The van der Waals surface area contributed by atoms with Crippen molar-refractivity contribution in [2.45, 2.75) is 116 Å². The Balaban J connectivity index is 2.99. The summed E-state index contributed by atoms with van der Waals surface area (Å²) in [6.07, 6.45) is 29.2. The Morgan fingerprint density at radius 2 is 0.636 bits per heavy atom. The SMILES string of the molecule is [CH2]CCCC/C=C/CCCCCCCCCCCCCC[CH2]. The Labute approximate surface area is 142 Å². The van der Waals surface area contributed by atoms with E-state index in [0.717, 1.165) is 12.8 Å². The van der Waals surface area contributed by atoms with E-state index in [1.807, 2.05) is 0 Å². The highest BCUT2D eigenvalue weighted by molar-refractivity contribution is 4.81. The van der Waals surface area contributed by atoms with Crippen LogP contribution in [-0.2, 0) is 0 Å². The third kappa shape index (κ3) is 19.7. The summed E-state index contributed by atoms with van der Waals surface area (Å²) in [6, 6.07) is 0. The van der Waals surface area contributed by atoms with Gasteiger partial charge in [-0.3, -0.25) is 0 Å². The van der Waals surface area contributed by atoms with E-state index < -0.39 is 0 Å². The number of unbranched alkanes of at least 4 members (excludes halogenated alkanes) is 16. The second-order valence-electron chi connectivity index (χ2n) is 6.71. The van der Waals surface area contributed by atoms with Crippen LogP contribution in [0, 0.1) is 13.8 Å². The lowest BCUT2D eigenvalue weighted by Gasteiger charge is -2.02. The van der Waals surface area contributed by atoms with Crippen molar-refractivity contribution in [1.82, 2.24) is 0 Å². The van der Waals surface area contributed by atoms with Crippen LogP contribution in [0.3, 0.4) is 0 Å². The maximum absolute atomic E-state index is 3.89. The molecule has 0 N–H and O–H groups in total. The molecule has 0 bridgehead atoms. The van der Waals surface area contributed by atoms with Crippen LogP contribution in [-0.4, -0.2) is 0 Å². The predicted octanol–water partition coefficient (Wildman–Crippen LogP) is 8.23. The van der Waals surface area contributed by atoms with Crippen LogP contribution < -0.4 is 0 Å². The monoisotopic (exact) mass is 306 g/mol. The molecule has 0 aliphatic rings. The van der Waals surface area contributed by atoms with Crippen molar-refractivity contribution in [2.24, 2.45) is 0 Å². The molecule has 0 aliphatic heterocycles. The number of hydrogen-bond acceptors (Lipinski definition) is 0. The maximum atomic E-state index is 3.89. The van der Waals surface area contributed by atoms with Gasteiger partial charge in [-0.1, -0.05) is 116 Å². The molecule has 130 valence electrons. The van der Waals surface area contributed by atoms with Crippen molar-refractivity contribution >= 4 is 0 Å². The molecule has 0 spiro atoms. The fourth-order valence-corrected chi connectivity index (χ4v) is 2.88. The fraction of sp³-hybridized carbons (Fsp3) is 0.818. The fourth-order valence-electron chi connectivity index (χ4n) is 2.88. The molecule has 0 saturated carbocycles. The summed E-state index contributed by atoms with van der Waals surface area (Å²) >= 11 is 0. The summed E-state index contributed by atoms with van der Waals surface area (Å²) in [6.45, 7) is 7.77. The van der Waals surface area contributed by atoms with Crippen molar-refractivity contribution in [1.29, 1.82) is 0 Å². The highest BCUT2D eigenvalue weighted by Crippen LogP contribution is 2.13. The average Bonchev–Trinajstić information content (AvgIpc) is 2.54. The largest absolute Gasteiger partial charge is 0.0885 e. The normalized spacial score (nSPS) is 11.5. The molecule has 0 unspecified atom stereocenters. The van der Waals surface area contributed by atoms with Crippen molar-refractivity contribution < 1.29 is 0 Å². The standard InChI is InChI=1S/C22H42/c1-3-5-7-9-11-13-15-17-19-21-22-20-18-16-14-12-10-8-6-4-2/h11,13H,1-10,12,14-22H2/b13-11+. The van der Waals surface area contributed by atoms with Gasteiger partial charge in [-0.05, 0) is 25.7 Å². The first-order valence-electron chi connectivity index (χ1n) is 10.1. The highest BCUT2D eigenvalue weighted by atomic mass is 14.0. The molecule has 0 saturated heterocycles. The second-order valence-corrected chi connectivity index (χ2v) is 6.71. The smallest absolute Gasteiger partial charge is 0.0351 e. The molecule has 0 amide bonds. The summed E-state index contributed by atoms with van der Waals surface area (Å²) in [5.41, 5.74) is 0. The lowest BCUT2D eigenvalue weighted by atomic mass is 10.0. The number of hydrogen-bond donors (Lipinski definition) is 0. The van der Waals surface area contributed by atoms with E-state index in [1.165, 1.54) is 103 Å². The predicted molar refractivity (Wildman–Crippen MR) is 103 cm³/mol. The summed E-state index contributed by atoms with van der Waals surface area (Å²) < 4.78 is 0. The number of rotatable bonds is 18. The maximum Gasteiger partial charge on any atom is -0.0351 e. The van der Waals surface area contributed by atoms with Crippen LogP contribution in [0.2, 0.25) is 0 Å². The Morgan fingerprint density at radius 3 is 1.05 bits per heavy atom. The quantitative estimate of drug-likeness (QED) is 0.177. The van der Waals surface area contributed by atoms with Gasteiger partial charge in [0, 0.05) is 0 Å². The van der Waals surface area contributed by atoms with Crippen LogP contribution in [0.1, 0.15) is 116 Å².